The van der Waals surface area contributed by atoms with Gasteiger partial charge in [0.2, 0.25) is 0 Å². The molecule has 1 aliphatic heterocycles. The van der Waals surface area contributed by atoms with Crippen molar-refractivity contribution in [3.05, 3.63) is 40.8 Å². The van der Waals surface area contributed by atoms with Gasteiger partial charge in [-0.2, -0.15) is 0 Å². The van der Waals surface area contributed by atoms with Gasteiger partial charge < -0.3 is 19.3 Å². The number of carboxylic acids is 1. The third-order valence-electron chi connectivity index (χ3n) is 8.06. The summed E-state index contributed by atoms with van der Waals surface area (Å²) in [5, 5.41) is 14.8. The number of rotatable bonds is 7. The number of anilines is 1. The summed E-state index contributed by atoms with van der Waals surface area (Å²) in [6.07, 6.45) is 9.63. The van der Waals surface area contributed by atoms with Gasteiger partial charge in [-0.25, -0.2) is 9.78 Å². The molecule has 2 aliphatic carbocycles. The van der Waals surface area contributed by atoms with E-state index in [0.717, 1.165) is 47.0 Å². The first-order valence-corrected chi connectivity index (χ1v) is 13.9. The molecule has 35 heavy (non-hydrogen) atoms. The highest BCUT2D eigenvalue weighted by atomic mass is 32.1. The van der Waals surface area contributed by atoms with E-state index in [4.69, 9.17) is 14.2 Å². The van der Waals surface area contributed by atoms with Crippen molar-refractivity contribution < 1.29 is 19.2 Å². The lowest BCUT2D eigenvalue weighted by Crippen LogP contribution is -2.37. The SMILES string of the molecule is CC1CCCCC1c1noc(C2CC2)c1COC1CCN(c2nc3ccc(C(=O)O)cc3s2)CC1. The molecular formula is C27H33N3O4S. The second kappa shape index (κ2) is 9.54. The van der Waals surface area contributed by atoms with Crippen LogP contribution in [0.5, 0.6) is 0 Å². The molecule has 0 amide bonds. The standard InChI is InChI=1S/C27H33N3O4S/c1-16-4-2-3-5-20(16)24-21(25(34-29-24)17-6-7-17)15-33-19-10-12-30(13-11-19)27-28-22-9-8-18(26(31)32)14-23(22)35-27/h8-9,14,16-17,19-20H,2-7,10-13,15H2,1H3,(H,31,32). The van der Waals surface area contributed by atoms with Gasteiger partial charge in [0.25, 0.3) is 0 Å². The molecule has 2 aromatic heterocycles. The Morgan fingerprint density at radius 2 is 1.97 bits per heavy atom. The summed E-state index contributed by atoms with van der Waals surface area (Å²) in [6.45, 7) is 4.75. The van der Waals surface area contributed by atoms with Crippen molar-refractivity contribution >= 4 is 32.7 Å². The van der Waals surface area contributed by atoms with Crippen LogP contribution in [0.25, 0.3) is 10.2 Å². The zero-order valence-corrected chi connectivity index (χ0v) is 21.1. The molecular weight excluding hydrogens is 462 g/mol. The minimum absolute atomic E-state index is 0.220. The Morgan fingerprint density at radius 3 is 2.71 bits per heavy atom. The smallest absolute Gasteiger partial charge is 0.335 e. The van der Waals surface area contributed by atoms with Crippen LogP contribution in [0.1, 0.15) is 97.5 Å². The van der Waals surface area contributed by atoms with Crippen LogP contribution in [0.15, 0.2) is 22.7 Å². The summed E-state index contributed by atoms with van der Waals surface area (Å²) in [5.74, 6) is 1.88. The molecule has 0 radical (unpaired) electrons. The molecule has 6 rings (SSSR count). The molecule has 3 aliphatic rings. The van der Waals surface area contributed by atoms with E-state index in [9.17, 15) is 9.90 Å². The Bertz CT molecular complexity index is 1210. The first-order chi connectivity index (χ1) is 17.1. The number of hydrogen-bond acceptors (Lipinski definition) is 7. The number of thiazole rings is 1. The van der Waals surface area contributed by atoms with Crippen LogP contribution < -0.4 is 4.90 Å². The van der Waals surface area contributed by atoms with E-state index < -0.39 is 5.97 Å². The fourth-order valence-corrected chi connectivity index (χ4v) is 6.81. The third kappa shape index (κ3) is 4.70. The van der Waals surface area contributed by atoms with Gasteiger partial charge in [0.15, 0.2) is 5.13 Å². The molecule has 186 valence electrons. The Hall–Kier alpha value is -2.45. The number of aromatic carboxylic acids is 1. The largest absolute Gasteiger partial charge is 0.478 e. The summed E-state index contributed by atoms with van der Waals surface area (Å²) < 4.78 is 13.3. The van der Waals surface area contributed by atoms with Crippen LogP contribution in [-0.4, -0.2) is 40.4 Å². The van der Waals surface area contributed by atoms with Crippen molar-refractivity contribution in [1.82, 2.24) is 10.1 Å². The van der Waals surface area contributed by atoms with Crippen molar-refractivity contribution in [2.75, 3.05) is 18.0 Å². The predicted octanol–water partition coefficient (Wildman–Crippen LogP) is 6.34. The van der Waals surface area contributed by atoms with E-state index in [1.165, 1.54) is 49.8 Å². The lowest BCUT2D eigenvalue weighted by Gasteiger charge is -2.32. The first kappa shape index (κ1) is 23.0. The summed E-state index contributed by atoms with van der Waals surface area (Å²) in [6, 6.07) is 5.14. The van der Waals surface area contributed by atoms with Gasteiger partial charge in [-0.05, 0) is 56.2 Å². The summed E-state index contributed by atoms with van der Waals surface area (Å²) in [7, 11) is 0. The second-order valence-electron chi connectivity index (χ2n) is 10.5. The number of fused-ring (bicyclic) bond motifs is 1. The van der Waals surface area contributed by atoms with E-state index in [-0.39, 0.29) is 6.10 Å². The molecule has 1 saturated heterocycles. The highest BCUT2D eigenvalue weighted by Crippen LogP contribution is 2.46. The molecule has 1 N–H and O–H groups in total. The lowest BCUT2D eigenvalue weighted by molar-refractivity contribution is 0.0238. The number of ether oxygens (including phenoxy) is 1. The first-order valence-electron chi connectivity index (χ1n) is 13.1. The molecule has 1 aromatic carbocycles. The van der Waals surface area contributed by atoms with Crippen LogP contribution in [0.3, 0.4) is 0 Å². The average molecular weight is 496 g/mol. The molecule has 0 spiro atoms. The van der Waals surface area contributed by atoms with E-state index in [1.807, 2.05) is 0 Å². The van der Waals surface area contributed by atoms with Crippen molar-refractivity contribution in [1.29, 1.82) is 0 Å². The van der Waals surface area contributed by atoms with Crippen LogP contribution in [0.2, 0.25) is 0 Å². The predicted molar refractivity (Wildman–Crippen MR) is 135 cm³/mol. The fourth-order valence-electron chi connectivity index (χ4n) is 5.76. The summed E-state index contributed by atoms with van der Waals surface area (Å²) in [4.78, 5) is 18.3. The van der Waals surface area contributed by atoms with Crippen molar-refractivity contribution in [2.24, 2.45) is 5.92 Å². The minimum atomic E-state index is -0.904. The van der Waals surface area contributed by atoms with Crippen LogP contribution in [0.4, 0.5) is 5.13 Å². The molecule has 8 heteroatoms. The van der Waals surface area contributed by atoms with Crippen LogP contribution >= 0.6 is 11.3 Å². The molecule has 3 heterocycles. The maximum Gasteiger partial charge on any atom is 0.335 e. The average Bonchev–Trinajstić information content (AvgIpc) is 3.48. The topological polar surface area (TPSA) is 88.7 Å². The summed E-state index contributed by atoms with van der Waals surface area (Å²) in [5.41, 5.74) is 3.58. The fraction of sp³-hybridized carbons (Fsp3) is 0.593. The van der Waals surface area contributed by atoms with E-state index in [1.54, 1.807) is 29.5 Å². The van der Waals surface area contributed by atoms with Gasteiger partial charge in [0.1, 0.15) is 5.76 Å². The number of carboxylic acid groups (broad SMARTS) is 1. The number of hydrogen-bond donors (Lipinski definition) is 1. The number of piperidine rings is 1. The highest BCUT2D eigenvalue weighted by Gasteiger charge is 2.36. The number of benzene rings is 1. The Labute approximate surface area is 209 Å². The Morgan fingerprint density at radius 1 is 1.17 bits per heavy atom. The number of aromatic nitrogens is 2. The molecule has 3 fully saturated rings. The van der Waals surface area contributed by atoms with Gasteiger partial charge in [-0.15, -0.1) is 0 Å². The Balaban J connectivity index is 1.10. The third-order valence-corrected chi connectivity index (χ3v) is 9.14. The molecule has 3 aromatic rings. The van der Waals surface area contributed by atoms with E-state index >= 15 is 0 Å². The zero-order chi connectivity index (χ0) is 23.9. The van der Waals surface area contributed by atoms with Gasteiger partial charge in [-0.3, -0.25) is 0 Å². The van der Waals surface area contributed by atoms with E-state index in [0.29, 0.717) is 29.9 Å². The zero-order valence-electron chi connectivity index (χ0n) is 20.2. The highest BCUT2D eigenvalue weighted by molar-refractivity contribution is 7.22. The van der Waals surface area contributed by atoms with E-state index in [2.05, 4.69) is 17.0 Å². The van der Waals surface area contributed by atoms with Crippen molar-refractivity contribution in [3.8, 4) is 0 Å². The van der Waals surface area contributed by atoms with Gasteiger partial charge >= 0.3 is 5.97 Å². The van der Waals surface area contributed by atoms with Gasteiger partial charge in [0, 0.05) is 30.5 Å². The molecule has 0 bridgehead atoms. The lowest BCUT2D eigenvalue weighted by atomic mass is 9.77. The quantitative estimate of drug-likeness (QED) is 0.409. The molecule has 7 nitrogen and oxygen atoms in total. The number of nitrogens with zero attached hydrogens (tertiary/aromatic N) is 3. The van der Waals surface area contributed by atoms with Crippen molar-refractivity contribution in [2.45, 2.75) is 82.8 Å². The maximum absolute atomic E-state index is 11.3. The van der Waals surface area contributed by atoms with Gasteiger partial charge in [-0.1, -0.05) is 42.7 Å². The van der Waals surface area contributed by atoms with Crippen LogP contribution in [0, 0.1) is 5.92 Å². The maximum atomic E-state index is 11.3. The minimum Gasteiger partial charge on any atom is -0.478 e. The van der Waals surface area contributed by atoms with Gasteiger partial charge in [0.05, 0.1) is 34.2 Å². The number of carbonyl (C=O) groups is 1. The normalized spacial score (nSPS) is 23.7. The van der Waals surface area contributed by atoms with Crippen LogP contribution in [-0.2, 0) is 11.3 Å². The monoisotopic (exact) mass is 495 g/mol. The second-order valence-corrected chi connectivity index (χ2v) is 11.5. The van der Waals surface area contributed by atoms with Crippen molar-refractivity contribution in [3.63, 3.8) is 0 Å². The molecule has 2 unspecified atom stereocenters. The molecule has 2 saturated carbocycles. The molecule has 2 atom stereocenters. The summed E-state index contributed by atoms with van der Waals surface area (Å²) >= 11 is 1.57. The Kier molecular flexibility index (Phi) is 6.26.